The Morgan fingerprint density at radius 2 is 1.70 bits per heavy atom. The maximum atomic E-state index is 12.8. The number of hydrogen-bond acceptors (Lipinski definition) is 6. The molecule has 0 radical (unpaired) electrons. The Bertz CT molecular complexity index is 622. The molecule has 0 aliphatic heterocycles. The van der Waals surface area contributed by atoms with E-state index < -0.39 is 10.0 Å². The van der Waals surface area contributed by atoms with Crippen LogP contribution in [0.5, 0.6) is 17.2 Å². The number of nitrogens with two attached hydrogens (primary N) is 1. The van der Waals surface area contributed by atoms with Crippen molar-refractivity contribution in [2.75, 3.05) is 21.3 Å². The number of rotatable bonds is 6. The summed E-state index contributed by atoms with van der Waals surface area (Å²) in [7, 11) is 0.498. The highest BCUT2D eigenvalue weighted by Gasteiger charge is 2.30. The number of ether oxygens (including phenoxy) is 3. The number of sulfonamides is 1. The van der Waals surface area contributed by atoms with Crippen LogP contribution in [0.1, 0.15) is 25.7 Å². The minimum Gasteiger partial charge on any atom is -0.496 e. The summed E-state index contributed by atoms with van der Waals surface area (Å²) in [6, 6.07) is 2.88. The molecule has 23 heavy (non-hydrogen) atoms. The van der Waals surface area contributed by atoms with Crippen LogP contribution in [-0.2, 0) is 10.0 Å². The number of methoxy groups -OCH3 is 3. The fraction of sp³-hybridized carbons (Fsp3) is 0.600. The molecule has 8 heteroatoms. The van der Waals surface area contributed by atoms with E-state index in [1.54, 1.807) is 0 Å². The fourth-order valence-electron chi connectivity index (χ4n) is 2.85. The second kappa shape index (κ2) is 7.37. The summed E-state index contributed by atoms with van der Waals surface area (Å²) in [4.78, 5) is -0.0255. The van der Waals surface area contributed by atoms with Crippen LogP contribution >= 0.6 is 0 Å². The van der Waals surface area contributed by atoms with Gasteiger partial charge in [0.25, 0.3) is 0 Å². The first-order valence-corrected chi connectivity index (χ1v) is 8.97. The first kappa shape index (κ1) is 17.8. The maximum Gasteiger partial charge on any atom is 0.248 e. The van der Waals surface area contributed by atoms with Crippen LogP contribution in [0.3, 0.4) is 0 Å². The largest absolute Gasteiger partial charge is 0.496 e. The van der Waals surface area contributed by atoms with E-state index in [1.807, 2.05) is 0 Å². The zero-order chi connectivity index (χ0) is 17.0. The summed E-state index contributed by atoms with van der Waals surface area (Å²) in [5.74, 6) is 0.806. The van der Waals surface area contributed by atoms with Gasteiger partial charge in [0.1, 0.15) is 17.2 Å². The highest BCUT2D eigenvalue weighted by molar-refractivity contribution is 7.89. The van der Waals surface area contributed by atoms with E-state index in [0.717, 1.165) is 19.3 Å². The minimum atomic E-state index is -3.80. The van der Waals surface area contributed by atoms with Crippen molar-refractivity contribution < 1.29 is 22.6 Å². The van der Waals surface area contributed by atoms with Crippen LogP contribution in [0.15, 0.2) is 17.0 Å². The van der Waals surface area contributed by atoms with E-state index in [-0.39, 0.29) is 28.5 Å². The molecule has 1 saturated carbocycles. The van der Waals surface area contributed by atoms with Crippen molar-refractivity contribution in [3.8, 4) is 17.2 Å². The lowest BCUT2D eigenvalue weighted by Gasteiger charge is -2.27. The quantitative estimate of drug-likeness (QED) is 0.806. The van der Waals surface area contributed by atoms with E-state index in [9.17, 15) is 8.42 Å². The zero-order valence-electron chi connectivity index (χ0n) is 13.7. The summed E-state index contributed by atoms with van der Waals surface area (Å²) in [6.07, 6.45) is 3.23. The monoisotopic (exact) mass is 344 g/mol. The van der Waals surface area contributed by atoms with E-state index >= 15 is 0 Å². The smallest absolute Gasteiger partial charge is 0.248 e. The van der Waals surface area contributed by atoms with Gasteiger partial charge in [-0.05, 0) is 19.3 Å². The Morgan fingerprint density at radius 3 is 2.17 bits per heavy atom. The van der Waals surface area contributed by atoms with Gasteiger partial charge in [-0.25, -0.2) is 13.1 Å². The van der Waals surface area contributed by atoms with Gasteiger partial charge in [-0.2, -0.15) is 0 Å². The molecule has 0 bridgehead atoms. The molecule has 1 fully saturated rings. The lowest BCUT2D eigenvalue weighted by Crippen LogP contribution is -2.42. The Balaban J connectivity index is 2.38. The van der Waals surface area contributed by atoms with E-state index in [4.69, 9.17) is 19.9 Å². The Hall–Kier alpha value is -1.51. The van der Waals surface area contributed by atoms with E-state index in [1.165, 1.54) is 33.5 Å². The molecule has 3 N–H and O–H groups in total. The first-order chi connectivity index (χ1) is 10.9. The van der Waals surface area contributed by atoms with Gasteiger partial charge in [-0.1, -0.05) is 6.42 Å². The highest BCUT2D eigenvalue weighted by Crippen LogP contribution is 2.37. The molecule has 1 aromatic rings. The molecule has 130 valence electrons. The summed E-state index contributed by atoms with van der Waals surface area (Å²) in [6.45, 7) is 0. The van der Waals surface area contributed by atoms with Crippen LogP contribution in [0.2, 0.25) is 0 Å². The third kappa shape index (κ3) is 4.07. The highest BCUT2D eigenvalue weighted by atomic mass is 32.2. The predicted molar refractivity (Wildman–Crippen MR) is 86.7 cm³/mol. The van der Waals surface area contributed by atoms with Crippen LogP contribution in [-0.4, -0.2) is 41.8 Å². The zero-order valence-corrected chi connectivity index (χ0v) is 14.5. The second-order valence-electron chi connectivity index (χ2n) is 5.61. The molecule has 0 amide bonds. The molecule has 0 spiro atoms. The van der Waals surface area contributed by atoms with Gasteiger partial charge < -0.3 is 19.9 Å². The second-order valence-corrected chi connectivity index (χ2v) is 7.26. The fourth-order valence-corrected chi connectivity index (χ4v) is 4.44. The average Bonchev–Trinajstić information content (AvgIpc) is 2.52. The van der Waals surface area contributed by atoms with Gasteiger partial charge in [-0.3, -0.25) is 0 Å². The van der Waals surface area contributed by atoms with Crippen molar-refractivity contribution in [2.45, 2.75) is 42.7 Å². The molecule has 1 aliphatic rings. The number of benzene rings is 1. The SMILES string of the molecule is COc1cc(OC)c(S(=O)(=O)NC2CCCC(N)C2)c(OC)c1. The van der Waals surface area contributed by atoms with Crippen LogP contribution in [0.4, 0.5) is 0 Å². The molecule has 2 rings (SSSR count). The van der Waals surface area contributed by atoms with Gasteiger partial charge in [0.05, 0.1) is 21.3 Å². The molecular formula is C15H24N2O5S. The third-order valence-corrected chi connectivity index (χ3v) is 5.56. The summed E-state index contributed by atoms with van der Waals surface area (Å²) in [5, 5.41) is 0. The van der Waals surface area contributed by atoms with Gasteiger partial charge in [-0.15, -0.1) is 0 Å². The summed E-state index contributed by atoms with van der Waals surface area (Å²) in [5.41, 5.74) is 5.93. The lowest BCUT2D eigenvalue weighted by atomic mass is 9.92. The molecule has 7 nitrogen and oxygen atoms in total. The van der Waals surface area contributed by atoms with Crippen molar-refractivity contribution in [3.05, 3.63) is 12.1 Å². The number of hydrogen-bond donors (Lipinski definition) is 2. The molecule has 0 aromatic heterocycles. The van der Waals surface area contributed by atoms with Crippen molar-refractivity contribution in [3.63, 3.8) is 0 Å². The first-order valence-electron chi connectivity index (χ1n) is 7.49. The van der Waals surface area contributed by atoms with Gasteiger partial charge in [0.2, 0.25) is 10.0 Å². The Morgan fingerprint density at radius 1 is 1.09 bits per heavy atom. The van der Waals surface area contributed by atoms with E-state index in [0.29, 0.717) is 12.2 Å². The lowest BCUT2D eigenvalue weighted by molar-refractivity contribution is 0.354. The van der Waals surface area contributed by atoms with Gasteiger partial charge in [0.15, 0.2) is 4.90 Å². The normalized spacial score (nSPS) is 21.7. The standard InChI is InChI=1S/C15H24N2O5S/c1-20-12-8-13(21-2)15(14(9-12)22-3)23(18,19)17-11-6-4-5-10(16)7-11/h8-11,17H,4-7,16H2,1-3H3. The molecule has 1 aromatic carbocycles. The van der Waals surface area contributed by atoms with Crippen molar-refractivity contribution >= 4 is 10.0 Å². The van der Waals surface area contributed by atoms with Crippen molar-refractivity contribution in [1.82, 2.24) is 4.72 Å². The summed E-state index contributed by atoms with van der Waals surface area (Å²) >= 11 is 0. The maximum absolute atomic E-state index is 12.8. The number of nitrogens with one attached hydrogen (secondary N) is 1. The minimum absolute atomic E-state index is 0.0242. The van der Waals surface area contributed by atoms with Crippen LogP contribution in [0.25, 0.3) is 0 Å². The van der Waals surface area contributed by atoms with Crippen LogP contribution < -0.4 is 24.7 Å². The third-order valence-electron chi connectivity index (χ3n) is 3.98. The van der Waals surface area contributed by atoms with E-state index in [2.05, 4.69) is 4.72 Å². The molecule has 0 saturated heterocycles. The molecule has 1 aliphatic carbocycles. The van der Waals surface area contributed by atoms with Crippen molar-refractivity contribution in [1.29, 1.82) is 0 Å². The molecule has 2 unspecified atom stereocenters. The Labute approximate surface area is 137 Å². The average molecular weight is 344 g/mol. The Kier molecular flexibility index (Phi) is 5.72. The molecular weight excluding hydrogens is 320 g/mol. The van der Waals surface area contributed by atoms with Crippen molar-refractivity contribution in [2.24, 2.45) is 5.73 Å². The van der Waals surface area contributed by atoms with Gasteiger partial charge in [0, 0.05) is 24.2 Å². The molecule has 0 heterocycles. The van der Waals surface area contributed by atoms with Crippen LogP contribution in [0, 0.1) is 0 Å². The molecule has 2 atom stereocenters. The predicted octanol–water partition coefficient (Wildman–Crippen LogP) is 1.26. The summed E-state index contributed by atoms with van der Waals surface area (Å²) < 4.78 is 43.9. The van der Waals surface area contributed by atoms with Gasteiger partial charge >= 0.3 is 0 Å². The topological polar surface area (TPSA) is 99.9 Å².